The van der Waals surface area contributed by atoms with E-state index in [0.717, 1.165) is 4.47 Å². The average Bonchev–Trinajstić information content (AvgIpc) is 2.53. The summed E-state index contributed by atoms with van der Waals surface area (Å²) in [6, 6.07) is 14.2. The fraction of sp³-hybridized carbons (Fsp3) is 0.176. The highest BCUT2D eigenvalue weighted by Crippen LogP contribution is 2.20. The van der Waals surface area contributed by atoms with Crippen LogP contribution >= 0.6 is 15.9 Å². The van der Waals surface area contributed by atoms with Crippen molar-refractivity contribution in [2.75, 3.05) is 24.4 Å². The highest BCUT2D eigenvalue weighted by molar-refractivity contribution is 9.10. The second-order valence-electron chi connectivity index (χ2n) is 4.81. The number of amides is 2. The molecule has 2 N–H and O–H groups in total. The molecule has 0 heterocycles. The van der Waals surface area contributed by atoms with Crippen molar-refractivity contribution in [2.45, 2.75) is 6.42 Å². The van der Waals surface area contributed by atoms with E-state index in [2.05, 4.69) is 26.6 Å². The Morgan fingerprint density at radius 3 is 2.43 bits per heavy atom. The number of methoxy groups -OCH3 is 1. The molecule has 0 saturated carbocycles. The van der Waals surface area contributed by atoms with Gasteiger partial charge in [0.1, 0.15) is 0 Å². The van der Waals surface area contributed by atoms with Gasteiger partial charge in [0.25, 0.3) is 5.91 Å². The molecule has 0 fully saturated rings. The second kappa shape index (κ2) is 8.45. The summed E-state index contributed by atoms with van der Waals surface area (Å²) < 4.78 is 5.59. The maximum atomic E-state index is 12.3. The molecule has 0 unspecified atom stereocenters. The number of anilines is 2. The summed E-state index contributed by atoms with van der Waals surface area (Å²) in [4.78, 5) is 24.0. The zero-order valence-corrected chi connectivity index (χ0v) is 14.2. The molecular formula is C17H17BrN2O3. The lowest BCUT2D eigenvalue weighted by molar-refractivity contribution is -0.117. The number of carbonyl (C=O) groups excluding carboxylic acids is 2. The normalized spacial score (nSPS) is 10.2. The number of hydrogen-bond acceptors (Lipinski definition) is 3. The van der Waals surface area contributed by atoms with Crippen LogP contribution in [-0.2, 0) is 9.53 Å². The Kier molecular flexibility index (Phi) is 6.31. The van der Waals surface area contributed by atoms with Crippen LogP contribution in [0.1, 0.15) is 16.8 Å². The summed E-state index contributed by atoms with van der Waals surface area (Å²) in [5, 5.41) is 5.57. The summed E-state index contributed by atoms with van der Waals surface area (Å²) in [6.07, 6.45) is 0.282. The molecule has 0 spiro atoms. The van der Waals surface area contributed by atoms with Gasteiger partial charge in [0.05, 0.1) is 18.6 Å². The zero-order chi connectivity index (χ0) is 16.7. The predicted molar refractivity (Wildman–Crippen MR) is 93.7 cm³/mol. The van der Waals surface area contributed by atoms with Crippen molar-refractivity contribution in [2.24, 2.45) is 0 Å². The second-order valence-corrected chi connectivity index (χ2v) is 5.66. The van der Waals surface area contributed by atoms with Crippen molar-refractivity contribution in [3.05, 3.63) is 58.6 Å². The van der Waals surface area contributed by atoms with Gasteiger partial charge in [-0.05, 0) is 46.3 Å². The molecule has 120 valence electrons. The Morgan fingerprint density at radius 2 is 1.74 bits per heavy atom. The smallest absolute Gasteiger partial charge is 0.256 e. The van der Waals surface area contributed by atoms with E-state index in [-0.39, 0.29) is 18.2 Å². The number of ether oxygens (including phenoxy) is 1. The molecule has 6 heteroatoms. The van der Waals surface area contributed by atoms with Gasteiger partial charge in [-0.2, -0.15) is 0 Å². The summed E-state index contributed by atoms with van der Waals surface area (Å²) in [5.74, 6) is -0.360. The fourth-order valence-corrected chi connectivity index (χ4v) is 2.40. The first-order valence-corrected chi connectivity index (χ1v) is 7.84. The van der Waals surface area contributed by atoms with Crippen LogP contribution in [0, 0.1) is 0 Å². The van der Waals surface area contributed by atoms with Crippen LogP contribution in [0.4, 0.5) is 11.4 Å². The van der Waals surface area contributed by atoms with Gasteiger partial charge >= 0.3 is 0 Å². The van der Waals surface area contributed by atoms with Crippen LogP contribution in [0.3, 0.4) is 0 Å². The van der Waals surface area contributed by atoms with Gasteiger partial charge in [-0.3, -0.25) is 9.59 Å². The third kappa shape index (κ3) is 5.19. The van der Waals surface area contributed by atoms with E-state index in [4.69, 9.17) is 4.74 Å². The van der Waals surface area contributed by atoms with E-state index in [1.807, 2.05) is 6.07 Å². The Balaban J connectivity index is 2.04. The van der Waals surface area contributed by atoms with Crippen molar-refractivity contribution in [1.82, 2.24) is 0 Å². The minimum atomic E-state index is -0.222. The molecule has 2 aromatic rings. The van der Waals surface area contributed by atoms with Gasteiger partial charge in [0.15, 0.2) is 0 Å². The number of benzene rings is 2. The Hall–Kier alpha value is -2.18. The van der Waals surface area contributed by atoms with Gasteiger partial charge < -0.3 is 15.4 Å². The number of nitrogens with one attached hydrogen (secondary N) is 2. The first-order valence-electron chi connectivity index (χ1n) is 7.05. The zero-order valence-electron chi connectivity index (χ0n) is 12.6. The van der Waals surface area contributed by atoms with Crippen LogP contribution in [0.5, 0.6) is 0 Å². The lowest BCUT2D eigenvalue weighted by Gasteiger charge is -2.09. The van der Waals surface area contributed by atoms with E-state index in [1.54, 1.807) is 49.6 Å². The quantitative estimate of drug-likeness (QED) is 0.807. The summed E-state index contributed by atoms with van der Waals surface area (Å²) in [7, 11) is 1.55. The molecular weight excluding hydrogens is 360 g/mol. The predicted octanol–water partition coefficient (Wildman–Crippen LogP) is 3.68. The molecule has 2 aromatic carbocycles. The SMILES string of the molecule is COCCC(=O)Nc1cccc(NC(=O)c2ccccc2Br)c1. The first kappa shape index (κ1) is 17.2. The number of carbonyl (C=O) groups is 2. The molecule has 0 aromatic heterocycles. The molecule has 5 nitrogen and oxygen atoms in total. The molecule has 0 radical (unpaired) electrons. The van der Waals surface area contributed by atoms with E-state index in [9.17, 15) is 9.59 Å². The van der Waals surface area contributed by atoms with Crippen molar-refractivity contribution in [3.8, 4) is 0 Å². The summed E-state index contributed by atoms with van der Waals surface area (Å²) >= 11 is 3.35. The van der Waals surface area contributed by atoms with Crippen LogP contribution < -0.4 is 10.6 Å². The maximum absolute atomic E-state index is 12.3. The van der Waals surface area contributed by atoms with Crippen LogP contribution in [0.2, 0.25) is 0 Å². The molecule has 23 heavy (non-hydrogen) atoms. The largest absolute Gasteiger partial charge is 0.384 e. The molecule has 0 atom stereocenters. The third-order valence-corrected chi connectivity index (χ3v) is 3.75. The summed E-state index contributed by atoms with van der Waals surface area (Å²) in [5.41, 5.74) is 1.77. The highest BCUT2D eigenvalue weighted by atomic mass is 79.9. The lowest BCUT2D eigenvalue weighted by Crippen LogP contribution is -2.15. The van der Waals surface area contributed by atoms with Gasteiger partial charge in [-0.15, -0.1) is 0 Å². The maximum Gasteiger partial charge on any atom is 0.256 e. The van der Waals surface area contributed by atoms with Crippen molar-refractivity contribution >= 4 is 39.1 Å². The number of rotatable bonds is 6. The van der Waals surface area contributed by atoms with Gasteiger partial charge in [0, 0.05) is 23.0 Å². The first-order chi connectivity index (χ1) is 11.1. The molecule has 0 aliphatic carbocycles. The van der Waals surface area contributed by atoms with Crippen molar-refractivity contribution in [3.63, 3.8) is 0 Å². The molecule has 2 rings (SSSR count). The van der Waals surface area contributed by atoms with Crippen LogP contribution in [0.15, 0.2) is 53.0 Å². The van der Waals surface area contributed by atoms with Gasteiger partial charge in [0.2, 0.25) is 5.91 Å². The topological polar surface area (TPSA) is 67.4 Å². The Morgan fingerprint density at radius 1 is 1.04 bits per heavy atom. The summed E-state index contributed by atoms with van der Waals surface area (Å²) in [6.45, 7) is 0.365. The Bertz CT molecular complexity index is 704. The minimum absolute atomic E-state index is 0.138. The monoisotopic (exact) mass is 376 g/mol. The van der Waals surface area contributed by atoms with E-state index >= 15 is 0 Å². The minimum Gasteiger partial charge on any atom is -0.384 e. The van der Waals surface area contributed by atoms with E-state index < -0.39 is 0 Å². The van der Waals surface area contributed by atoms with Crippen LogP contribution in [-0.4, -0.2) is 25.5 Å². The fourth-order valence-electron chi connectivity index (χ4n) is 1.94. The van der Waals surface area contributed by atoms with Crippen molar-refractivity contribution in [1.29, 1.82) is 0 Å². The Labute approximate surface area is 143 Å². The molecule has 0 saturated heterocycles. The molecule has 0 bridgehead atoms. The van der Waals surface area contributed by atoms with Crippen LogP contribution in [0.25, 0.3) is 0 Å². The standard InChI is InChI=1S/C17H17BrN2O3/c1-23-10-9-16(21)19-12-5-4-6-13(11-12)20-17(22)14-7-2-3-8-15(14)18/h2-8,11H,9-10H2,1H3,(H,19,21)(H,20,22). The van der Waals surface area contributed by atoms with E-state index in [0.29, 0.717) is 23.5 Å². The third-order valence-electron chi connectivity index (χ3n) is 3.06. The molecule has 0 aliphatic rings. The van der Waals surface area contributed by atoms with Gasteiger partial charge in [-0.1, -0.05) is 18.2 Å². The van der Waals surface area contributed by atoms with Crippen molar-refractivity contribution < 1.29 is 14.3 Å². The highest BCUT2D eigenvalue weighted by Gasteiger charge is 2.10. The number of halogens is 1. The lowest BCUT2D eigenvalue weighted by atomic mass is 10.2. The number of hydrogen-bond donors (Lipinski definition) is 2. The van der Waals surface area contributed by atoms with E-state index in [1.165, 1.54) is 0 Å². The van der Waals surface area contributed by atoms with Gasteiger partial charge in [-0.25, -0.2) is 0 Å². The molecule has 0 aliphatic heterocycles. The average molecular weight is 377 g/mol. The molecule has 2 amide bonds.